The summed E-state index contributed by atoms with van der Waals surface area (Å²) in [4.78, 5) is 12.9. The maximum atomic E-state index is 5.96. The first-order valence-corrected chi connectivity index (χ1v) is 7.53. The van der Waals surface area contributed by atoms with Crippen LogP contribution in [0.25, 0.3) is 33.0 Å². The fraction of sp³-hybridized carbons (Fsp3) is 0. The lowest BCUT2D eigenvalue weighted by atomic mass is 10.2. The van der Waals surface area contributed by atoms with E-state index in [1.165, 1.54) is 6.33 Å². The lowest BCUT2D eigenvalue weighted by molar-refractivity contribution is 0.457. The highest BCUT2D eigenvalue weighted by molar-refractivity contribution is 6.03. The van der Waals surface area contributed by atoms with Gasteiger partial charge in [0, 0.05) is 17.0 Å². The van der Waals surface area contributed by atoms with E-state index >= 15 is 0 Å². The molecule has 24 heavy (non-hydrogen) atoms. The van der Waals surface area contributed by atoms with Crippen LogP contribution in [0.15, 0.2) is 71.5 Å². The first-order valence-electron chi connectivity index (χ1n) is 7.53. The van der Waals surface area contributed by atoms with Crippen LogP contribution in [0, 0.1) is 0 Å². The van der Waals surface area contributed by atoms with Crippen molar-refractivity contribution in [2.24, 2.45) is 0 Å². The lowest BCUT2D eigenvalue weighted by Gasteiger charge is -2.05. The van der Waals surface area contributed by atoms with E-state index in [2.05, 4.69) is 15.0 Å². The van der Waals surface area contributed by atoms with Gasteiger partial charge in [-0.3, -0.25) is 4.98 Å². The van der Waals surface area contributed by atoms with Crippen LogP contribution in [0.3, 0.4) is 0 Å². The van der Waals surface area contributed by atoms with Crippen molar-refractivity contribution in [1.82, 2.24) is 15.0 Å². The average molecular weight is 313 g/mol. The summed E-state index contributed by atoms with van der Waals surface area (Å²) in [7, 11) is 0. The molecule has 5 heteroatoms. The molecule has 5 nitrogen and oxygen atoms in total. The van der Waals surface area contributed by atoms with Gasteiger partial charge in [0.25, 0.3) is 5.88 Å². The summed E-state index contributed by atoms with van der Waals surface area (Å²) in [6.07, 6.45) is 3.26. The summed E-state index contributed by atoms with van der Waals surface area (Å²) in [5, 5.41) is 1.95. The van der Waals surface area contributed by atoms with E-state index < -0.39 is 0 Å². The van der Waals surface area contributed by atoms with E-state index in [-0.39, 0.29) is 0 Å². The monoisotopic (exact) mass is 313 g/mol. The van der Waals surface area contributed by atoms with E-state index in [1.807, 2.05) is 54.6 Å². The molecule has 114 valence electrons. The van der Waals surface area contributed by atoms with Crippen LogP contribution in [0.4, 0.5) is 0 Å². The Balaban J connectivity index is 1.65. The third kappa shape index (κ3) is 1.99. The van der Waals surface area contributed by atoms with E-state index in [0.717, 1.165) is 27.4 Å². The highest BCUT2D eigenvalue weighted by Crippen LogP contribution is 2.34. The van der Waals surface area contributed by atoms with Gasteiger partial charge in [-0.2, -0.15) is 4.98 Å². The number of hydrogen-bond acceptors (Lipinski definition) is 5. The molecule has 0 bridgehead atoms. The van der Waals surface area contributed by atoms with Crippen LogP contribution >= 0.6 is 0 Å². The van der Waals surface area contributed by atoms with Crippen molar-refractivity contribution in [3.8, 4) is 11.6 Å². The number of pyridine rings is 1. The highest BCUT2D eigenvalue weighted by Gasteiger charge is 2.14. The minimum atomic E-state index is 0.402. The number of hydrogen-bond donors (Lipinski definition) is 0. The van der Waals surface area contributed by atoms with Crippen molar-refractivity contribution in [2.75, 3.05) is 0 Å². The van der Waals surface area contributed by atoms with E-state index in [0.29, 0.717) is 17.2 Å². The van der Waals surface area contributed by atoms with Crippen LogP contribution in [-0.4, -0.2) is 15.0 Å². The fourth-order valence-electron chi connectivity index (χ4n) is 2.80. The first kappa shape index (κ1) is 13.0. The van der Waals surface area contributed by atoms with Gasteiger partial charge in [0.1, 0.15) is 23.2 Å². The van der Waals surface area contributed by atoms with Crippen molar-refractivity contribution < 1.29 is 9.15 Å². The standard InChI is InChI=1S/C19H11N3O2/c1-2-6-16-14(5-1)17-18(24-16)19(22-11-21-17)23-13-7-8-15-12(10-13)4-3-9-20-15/h1-11H. The number of ether oxygens (including phenoxy) is 1. The Morgan fingerprint density at radius 3 is 2.83 bits per heavy atom. The largest absolute Gasteiger partial charge is 0.449 e. The van der Waals surface area contributed by atoms with Gasteiger partial charge in [-0.1, -0.05) is 18.2 Å². The Morgan fingerprint density at radius 1 is 0.875 bits per heavy atom. The molecule has 3 aromatic heterocycles. The fourth-order valence-corrected chi connectivity index (χ4v) is 2.80. The highest BCUT2D eigenvalue weighted by atomic mass is 16.5. The SMILES string of the molecule is c1cnc2ccc(Oc3ncnc4c3oc3ccccc34)cc2c1. The molecule has 0 amide bonds. The summed E-state index contributed by atoms with van der Waals surface area (Å²) < 4.78 is 11.8. The van der Waals surface area contributed by atoms with Crippen LogP contribution in [-0.2, 0) is 0 Å². The second kappa shape index (κ2) is 5.03. The molecule has 0 aliphatic heterocycles. The molecule has 0 saturated heterocycles. The molecule has 5 rings (SSSR count). The van der Waals surface area contributed by atoms with Crippen molar-refractivity contribution in [3.05, 3.63) is 67.1 Å². The van der Waals surface area contributed by atoms with Gasteiger partial charge in [0.05, 0.1) is 5.52 Å². The number of fused-ring (bicyclic) bond motifs is 4. The Hall–Kier alpha value is -3.47. The van der Waals surface area contributed by atoms with Crippen LogP contribution < -0.4 is 4.74 Å². The second-order valence-corrected chi connectivity index (χ2v) is 5.41. The van der Waals surface area contributed by atoms with Gasteiger partial charge in [0.15, 0.2) is 0 Å². The van der Waals surface area contributed by atoms with Crippen molar-refractivity contribution in [1.29, 1.82) is 0 Å². The normalized spacial score (nSPS) is 11.3. The lowest BCUT2D eigenvalue weighted by Crippen LogP contribution is -1.90. The van der Waals surface area contributed by atoms with Gasteiger partial charge in [0.2, 0.25) is 5.58 Å². The first-order chi connectivity index (χ1) is 11.9. The zero-order valence-electron chi connectivity index (χ0n) is 12.5. The van der Waals surface area contributed by atoms with Crippen molar-refractivity contribution >= 4 is 33.0 Å². The summed E-state index contributed by atoms with van der Waals surface area (Å²) in [6.45, 7) is 0. The zero-order chi connectivity index (χ0) is 15.9. The van der Waals surface area contributed by atoms with Crippen molar-refractivity contribution in [2.45, 2.75) is 0 Å². The summed E-state index contributed by atoms with van der Waals surface area (Å²) in [5.74, 6) is 1.08. The number of benzene rings is 2. The number of furan rings is 1. The Morgan fingerprint density at radius 2 is 1.83 bits per heavy atom. The van der Waals surface area contributed by atoms with Crippen LogP contribution in [0.1, 0.15) is 0 Å². The predicted molar refractivity (Wildman–Crippen MR) is 91.1 cm³/mol. The molecule has 0 radical (unpaired) electrons. The van der Waals surface area contributed by atoms with E-state index in [4.69, 9.17) is 9.15 Å². The topological polar surface area (TPSA) is 61.0 Å². The smallest absolute Gasteiger partial charge is 0.267 e. The molecule has 0 atom stereocenters. The molecule has 0 unspecified atom stereocenters. The number of rotatable bonds is 2. The van der Waals surface area contributed by atoms with E-state index in [9.17, 15) is 0 Å². The predicted octanol–water partition coefficient (Wildman–Crippen LogP) is 4.72. The summed E-state index contributed by atoms with van der Waals surface area (Å²) in [6, 6.07) is 17.4. The summed E-state index contributed by atoms with van der Waals surface area (Å²) in [5.41, 5.74) is 2.98. The molecule has 5 aromatic rings. The third-order valence-electron chi connectivity index (χ3n) is 3.91. The van der Waals surface area contributed by atoms with Crippen LogP contribution in [0.5, 0.6) is 11.6 Å². The molecule has 0 aliphatic carbocycles. The molecular weight excluding hydrogens is 302 g/mol. The quantitative estimate of drug-likeness (QED) is 0.472. The molecule has 0 fully saturated rings. The third-order valence-corrected chi connectivity index (χ3v) is 3.91. The maximum absolute atomic E-state index is 5.96. The average Bonchev–Trinajstić information content (AvgIpc) is 3.02. The molecular formula is C19H11N3O2. The van der Waals surface area contributed by atoms with Crippen molar-refractivity contribution in [3.63, 3.8) is 0 Å². The van der Waals surface area contributed by atoms with Gasteiger partial charge >= 0.3 is 0 Å². The van der Waals surface area contributed by atoms with Gasteiger partial charge in [-0.25, -0.2) is 4.98 Å². The zero-order valence-corrected chi connectivity index (χ0v) is 12.5. The molecule has 3 heterocycles. The van der Waals surface area contributed by atoms with Gasteiger partial charge < -0.3 is 9.15 Å². The number of aromatic nitrogens is 3. The Kier molecular flexibility index (Phi) is 2.72. The van der Waals surface area contributed by atoms with Gasteiger partial charge in [-0.05, 0) is 36.4 Å². The second-order valence-electron chi connectivity index (χ2n) is 5.41. The van der Waals surface area contributed by atoms with E-state index in [1.54, 1.807) is 6.20 Å². The van der Waals surface area contributed by atoms with Gasteiger partial charge in [-0.15, -0.1) is 0 Å². The summed E-state index contributed by atoms with van der Waals surface area (Å²) >= 11 is 0. The minimum absolute atomic E-state index is 0.402. The molecule has 0 aliphatic rings. The molecule has 2 aromatic carbocycles. The molecule has 0 N–H and O–H groups in total. The number of nitrogens with zero attached hydrogens (tertiary/aromatic N) is 3. The number of para-hydroxylation sites is 1. The van der Waals surface area contributed by atoms with Crippen LogP contribution in [0.2, 0.25) is 0 Å². The minimum Gasteiger partial charge on any atom is -0.449 e. The Labute approximate surface area is 136 Å². The maximum Gasteiger partial charge on any atom is 0.267 e. The Bertz CT molecular complexity index is 1200. The molecule has 0 saturated carbocycles. The molecule has 0 spiro atoms.